The second-order valence-electron chi connectivity index (χ2n) is 8.52. The summed E-state index contributed by atoms with van der Waals surface area (Å²) in [5.41, 5.74) is 1.84. The number of hydrogen-bond donors (Lipinski definition) is 5. The van der Waals surface area contributed by atoms with E-state index in [0.717, 1.165) is 11.1 Å². The van der Waals surface area contributed by atoms with Crippen LogP contribution in [0, 0.1) is 0 Å². The predicted molar refractivity (Wildman–Crippen MR) is 131 cm³/mol. The van der Waals surface area contributed by atoms with Crippen LogP contribution < -0.4 is 16.0 Å². The Bertz CT molecular complexity index is 1100. The summed E-state index contributed by atoms with van der Waals surface area (Å²) in [6.07, 6.45) is 4.23. The number of hydrogen-bond acceptors (Lipinski definition) is 5. The Morgan fingerprint density at radius 3 is 2.11 bits per heavy atom. The standard InChI is InChI=1S/C26H31N5O4/c1-17(14-19-6-4-3-5-7-19)29-25(34)23(16-24-27-12-13-28-24)31-26(35)22(30-18(2)32)15-20-8-10-21(33)11-9-20/h3-13,17,22-23,33H,14-16H2,1-2H3,(H,27,28)(H,29,34)(H,30,32)(H,31,35). The Kier molecular flexibility index (Phi) is 9.00. The minimum atomic E-state index is -0.900. The minimum absolute atomic E-state index is 0.106. The van der Waals surface area contributed by atoms with Gasteiger partial charge in [-0.05, 0) is 36.6 Å². The van der Waals surface area contributed by atoms with Crippen molar-refractivity contribution >= 4 is 17.7 Å². The Hall–Kier alpha value is -4.14. The molecule has 3 amide bonds. The van der Waals surface area contributed by atoms with Gasteiger partial charge in [-0.15, -0.1) is 0 Å². The van der Waals surface area contributed by atoms with Crippen molar-refractivity contribution in [1.82, 2.24) is 25.9 Å². The van der Waals surface area contributed by atoms with Crippen LogP contribution in [0.5, 0.6) is 5.75 Å². The smallest absolute Gasteiger partial charge is 0.243 e. The summed E-state index contributed by atoms with van der Waals surface area (Å²) in [6, 6.07) is 14.2. The molecule has 0 bridgehead atoms. The molecule has 0 fully saturated rings. The van der Waals surface area contributed by atoms with E-state index in [-0.39, 0.29) is 36.4 Å². The average molecular weight is 478 g/mol. The van der Waals surface area contributed by atoms with Crippen molar-refractivity contribution in [2.24, 2.45) is 0 Å². The van der Waals surface area contributed by atoms with Gasteiger partial charge in [0.15, 0.2) is 0 Å². The molecule has 0 aliphatic rings. The van der Waals surface area contributed by atoms with Gasteiger partial charge in [0, 0.05) is 38.2 Å². The molecule has 0 saturated heterocycles. The van der Waals surface area contributed by atoms with Gasteiger partial charge in [-0.25, -0.2) is 4.98 Å². The Balaban J connectivity index is 1.71. The van der Waals surface area contributed by atoms with Crippen molar-refractivity contribution < 1.29 is 19.5 Å². The predicted octanol–water partition coefficient (Wildman–Crippen LogP) is 1.64. The fourth-order valence-electron chi connectivity index (χ4n) is 3.77. The van der Waals surface area contributed by atoms with E-state index >= 15 is 0 Å². The zero-order chi connectivity index (χ0) is 25.2. The number of imidazole rings is 1. The van der Waals surface area contributed by atoms with Crippen molar-refractivity contribution in [2.45, 2.75) is 51.2 Å². The summed E-state index contributed by atoms with van der Waals surface area (Å²) in [4.78, 5) is 45.3. The van der Waals surface area contributed by atoms with E-state index in [1.807, 2.05) is 37.3 Å². The molecule has 1 heterocycles. The molecule has 0 radical (unpaired) electrons. The first-order chi connectivity index (χ1) is 16.8. The summed E-state index contributed by atoms with van der Waals surface area (Å²) in [6.45, 7) is 3.23. The van der Waals surface area contributed by atoms with E-state index in [1.165, 1.54) is 19.1 Å². The molecule has 9 nitrogen and oxygen atoms in total. The number of H-pyrrole nitrogens is 1. The third kappa shape index (κ3) is 8.29. The molecule has 3 aromatic rings. The first-order valence-electron chi connectivity index (χ1n) is 11.5. The number of benzene rings is 2. The minimum Gasteiger partial charge on any atom is -0.508 e. The summed E-state index contributed by atoms with van der Waals surface area (Å²) in [5.74, 6) is -0.544. The van der Waals surface area contributed by atoms with Gasteiger partial charge in [0.05, 0.1) is 0 Å². The van der Waals surface area contributed by atoms with Crippen LogP contribution >= 0.6 is 0 Å². The molecule has 0 aliphatic carbocycles. The Morgan fingerprint density at radius 2 is 1.49 bits per heavy atom. The average Bonchev–Trinajstić information content (AvgIpc) is 3.33. The van der Waals surface area contributed by atoms with E-state index < -0.39 is 18.0 Å². The molecule has 3 rings (SSSR count). The van der Waals surface area contributed by atoms with Crippen LogP contribution in [0.15, 0.2) is 67.0 Å². The molecule has 0 spiro atoms. The molecule has 3 unspecified atom stereocenters. The van der Waals surface area contributed by atoms with E-state index in [1.54, 1.807) is 24.5 Å². The second kappa shape index (κ2) is 12.4. The van der Waals surface area contributed by atoms with Gasteiger partial charge >= 0.3 is 0 Å². The highest BCUT2D eigenvalue weighted by molar-refractivity contribution is 5.92. The highest BCUT2D eigenvalue weighted by atomic mass is 16.3. The first-order valence-corrected chi connectivity index (χ1v) is 11.5. The number of amides is 3. The molecule has 35 heavy (non-hydrogen) atoms. The lowest BCUT2D eigenvalue weighted by molar-refractivity contribution is -0.131. The quantitative estimate of drug-likeness (QED) is 0.286. The van der Waals surface area contributed by atoms with Crippen LogP contribution in [-0.4, -0.2) is 50.9 Å². The summed E-state index contributed by atoms with van der Waals surface area (Å²) in [7, 11) is 0. The van der Waals surface area contributed by atoms with Crippen LogP contribution in [0.2, 0.25) is 0 Å². The lowest BCUT2D eigenvalue weighted by Gasteiger charge is -2.24. The van der Waals surface area contributed by atoms with E-state index in [2.05, 4.69) is 25.9 Å². The molecule has 5 N–H and O–H groups in total. The van der Waals surface area contributed by atoms with Crippen LogP contribution in [0.4, 0.5) is 0 Å². The van der Waals surface area contributed by atoms with Crippen LogP contribution in [0.3, 0.4) is 0 Å². The number of aromatic amines is 1. The van der Waals surface area contributed by atoms with Gasteiger partial charge in [0.1, 0.15) is 23.7 Å². The van der Waals surface area contributed by atoms with Gasteiger partial charge in [0.25, 0.3) is 0 Å². The van der Waals surface area contributed by atoms with Gasteiger partial charge in [0.2, 0.25) is 17.7 Å². The highest BCUT2D eigenvalue weighted by Gasteiger charge is 2.28. The van der Waals surface area contributed by atoms with Crippen LogP contribution in [0.1, 0.15) is 30.8 Å². The maximum atomic E-state index is 13.2. The van der Waals surface area contributed by atoms with Crippen molar-refractivity contribution in [3.8, 4) is 5.75 Å². The molecule has 184 valence electrons. The molecule has 1 aromatic heterocycles. The van der Waals surface area contributed by atoms with Crippen molar-refractivity contribution in [3.05, 3.63) is 83.9 Å². The number of aromatic nitrogens is 2. The first kappa shape index (κ1) is 25.5. The highest BCUT2D eigenvalue weighted by Crippen LogP contribution is 2.12. The van der Waals surface area contributed by atoms with Gasteiger partial charge in [-0.1, -0.05) is 42.5 Å². The van der Waals surface area contributed by atoms with E-state index in [9.17, 15) is 19.5 Å². The van der Waals surface area contributed by atoms with Crippen molar-refractivity contribution in [1.29, 1.82) is 0 Å². The Morgan fingerprint density at radius 1 is 0.857 bits per heavy atom. The summed E-state index contributed by atoms with van der Waals surface area (Å²) in [5, 5.41) is 17.9. The monoisotopic (exact) mass is 477 g/mol. The number of aromatic hydroxyl groups is 1. The van der Waals surface area contributed by atoms with Crippen molar-refractivity contribution in [3.63, 3.8) is 0 Å². The largest absolute Gasteiger partial charge is 0.508 e. The second-order valence-corrected chi connectivity index (χ2v) is 8.52. The number of nitrogens with one attached hydrogen (secondary N) is 4. The lowest BCUT2D eigenvalue weighted by Crippen LogP contribution is -2.56. The SMILES string of the molecule is CC(=O)NC(Cc1ccc(O)cc1)C(=O)NC(Cc1ncc[nH]1)C(=O)NC(C)Cc1ccccc1. The topological polar surface area (TPSA) is 136 Å². The third-order valence-electron chi connectivity index (χ3n) is 5.43. The zero-order valence-corrected chi connectivity index (χ0v) is 19.8. The molecule has 0 saturated carbocycles. The Labute approximate surface area is 204 Å². The van der Waals surface area contributed by atoms with Crippen LogP contribution in [-0.2, 0) is 33.6 Å². The summed E-state index contributed by atoms with van der Waals surface area (Å²) < 4.78 is 0. The normalized spacial score (nSPS) is 13.3. The fraction of sp³-hybridized carbons (Fsp3) is 0.308. The molecule has 2 aromatic carbocycles. The molecular weight excluding hydrogens is 446 g/mol. The van der Waals surface area contributed by atoms with Crippen LogP contribution in [0.25, 0.3) is 0 Å². The van der Waals surface area contributed by atoms with Crippen molar-refractivity contribution in [2.75, 3.05) is 0 Å². The van der Waals surface area contributed by atoms with Gasteiger partial charge < -0.3 is 26.0 Å². The molecular formula is C26H31N5O4. The number of carbonyl (C=O) groups excluding carboxylic acids is 3. The van der Waals surface area contributed by atoms with Gasteiger partial charge in [-0.3, -0.25) is 14.4 Å². The number of carbonyl (C=O) groups is 3. The zero-order valence-electron chi connectivity index (χ0n) is 19.8. The number of nitrogens with zero attached hydrogens (tertiary/aromatic N) is 1. The molecule has 0 aliphatic heterocycles. The fourth-order valence-corrected chi connectivity index (χ4v) is 3.77. The lowest BCUT2D eigenvalue weighted by atomic mass is 10.0. The summed E-state index contributed by atoms with van der Waals surface area (Å²) >= 11 is 0. The molecule has 9 heteroatoms. The number of phenols is 1. The maximum absolute atomic E-state index is 13.2. The van der Waals surface area contributed by atoms with Gasteiger partial charge in [-0.2, -0.15) is 0 Å². The third-order valence-corrected chi connectivity index (χ3v) is 5.43. The maximum Gasteiger partial charge on any atom is 0.243 e. The van der Waals surface area contributed by atoms with E-state index in [4.69, 9.17) is 0 Å². The molecule has 3 atom stereocenters. The number of rotatable bonds is 11. The number of phenolic OH excluding ortho intramolecular Hbond substituents is 1. The van der Waals surface area contributed by atoms with E-state index in [0.29, 0.717) is 12.2 Å².